The standard InChI is InChI=1S/C12H17ClO/c13-12(14)6-11-9-2-7-1-8(4-9)5-10(11)3-7/h7-11H,1-6H2. The third-order valence-electron chi connectivity index (χ3n) is 4.82. The Bertz CT molecular complexity index is 233. The van der Waals surface area contributed by atoms with Gasteiger partial charge in [0.05, 0.1) is 0 Å². The first-order chi connectivity index (χ1) is 6.72. The molecular formula is C12H17ClO. The molecule has 14 heavy (non-hydrogen) atoms. The molecule has 4 saturated carbocycles. The van der Waals surface area contributed by atoms with Crippen LogP contribution in [0.25, 0.3) is 0 Å². The third kappa shape index (κ3) is 1.41. The van der Waals surface area contributed by atoms with Crippen LogP contribution in [-0.4, -0.2) is 5.24 Å². The molecule has 0 aromatic rings. The van der Waals surface area contributed by atoms with Crippen molar-refractivity contribution in [3.8, 4) is 0 Å². The maximum Gasteiger partial charge on any atom is 0.221 e. The van der Waals surface area contributed by atoms with Crippen LogP contribution in [0.1, 0.15) is 38.5 Å². The minimum absolute atomic E-state index is 0.109. The number of carbonyl (C=O) groups excluding carboxylic acids is 1. The Morgan fingerprint density at radius 3 is 1.93 bits per heavy atom. The van der Waals surface area contributed by atoms with Crippen LogP contribution in [0, 0.1) is 29.6 Å². The molecule has 2 heteroatoms. The average molecular weight is 213 g/mol. The molecular weight excluding hydrogens is 196 g/mol. The Morgan fingerprint density at radius 1 is 1.00 bits per heavy atom. The molecule has 4 aliphatic rings. The van der Waals surface area contributed by atoms with Crippen LogP contribution < -0.4 is 0 Å². The molecule has 4 fully saturated rings. The minimum atomic E-state index is -0.109. The van der Waals surface area contributed by atoms with E-state index in [-0.39, 0.29) is 5.24 Å². The summed E-state index contributed by atoms with van der Waals surface area (Å²) in [5.41, 5.74) is 0. The van der Waals surface area contributed by atoms with E-state index in [2.05, 4.69) is 0 Å². The van der Waals surface area contributed by atoms with Crippen LogP contribution in [0.2, 0.25) is 0 Å². The van der Waals surface area contributed by atoms with Crippen molar-refractivity contribution in [2.24, 2.45) is 29.6 Å². The summed E-state index contributed by atoms with van der Waals surface area (Å²) in [6.07, 6.45) is 7.69. The minimum Gasteiger partial charge on any atom is -0.281 e. The van der Waals surface area contributed by atoms with Crippen LogP contribution in [0.15, 0.2) is 0 Å². The lowest BCUT2D eigenvalue weighted by Crippen LogP contribution is -2.45. The molecule has 4 rings (SSSR count). The number of halogens is 1. The van der Waals surface area contributed by atoms with E-state index >= 15 is 0 Å². The molecule has 0 aromatic carbocycles. The molecule has 0 unspecified atom stereocenters. The number of carbonyl (C=O) groups is 1. The summed E-state index contributed by atoms with van der Waals surface area (Å²) in [7, 11) is 0. The Balaban J connectivity index is 1.77. The van der Waals surface area contributed by atoms with Gasteiger partial charge in [-0.1, -0.05) is 0 Å². The molecule has 0 spiro atoms. The van der Waals surface area contributed by atoms with Crippen molar-refractivity contribution in [1.82, 2.24) is 0 Å². The van der Waals surface area contributed by atoms with Gasteiger partial charge in [-0.15, -0.1) is 0 Å². The highest BCUT2D eigenvalue weighted by Gasteiger charge is 2.48. The molecule has 0 aliphatic heterocycles. The summed E-state index contributed by atoms with van der Waals surface area (Å²) in [6, 6.07) is 0. The van der Waals surface area contributed by atoms with Gasteiger partial charge in [-0.2, -0.15) is 0 Å². The normalized spacial score (nSPS) is 49.6. The molecule has 4 aliphatic carbocycles. The van der Waals surface area contributed by atoms with Crippen molar-refractivity contribution in [2.45, 2.75) is 38.5 Å². The molecule has 0 saturated heterocycles. The summed E-state index contributed by atoms with van der Waals surface area (Å²) in [5.74, 6) is 4.33. The van der Waals surface area contributed by atoms with Crippen LogP contribution in [-0.2, 0) is 4.79 Å². The molecule has 1 nitrogen and oxygen atoms in total. The smallest absolute Gasteiger partial charge is 0.221 e. The molecule has 78 valence electrons. The summed E-state index contributed by atoms with van der Waals surface area (Å²) < 4.78 is 0. The van der Waals surface area contributed by atoms with Gasteiger partial charge in [0, 0.05) is 6.42 Å². The molecule has 0 N–H and O–H groups in total. The van der Waals surface area contributed by atoms with E-state index in [1.807, 2.05) is 0 Å². The van der Waals surface area contributed by atoms with Crippen LogP contribution in [0.5, 0.6) is 0 Å². The highest BCUT2D eigenvalue weighted by molar-refractivity contribution is 6.63. The number of rotatable bonds is 2. The Kier molecular flexibility index (Phi) is 2.12. The second-order valence-corrected chi connectivity index (χ2v) is 6.08. The van der Waals surface area contributed by atoms with Crippen LogP contribution >= 0.6 is 11.6 Å². The van der Waals surface area contributed by atoms with Gasteiger partial charge in [-0.25, -0.2) is 0 Å². The van der Waals surface area contributed by atoms with Gasteiger partial charge in [-0.05, 0) is 73.3 Å². The first-order valence-corrected chi connectivity index (χ1v) is 6.28. The third-order valence-corrected chi connectivity index (χ3v) is 4.97. The zero-order valence-electron chi connectivity index (χ0n) is 8.42. The van der Waals surface area contributed by atoms with Crippen molar-refractivity contribution in [3.05, 3.63) is 0 Å². The zero-order valence-corrected chi connectivity index (χ0v) is 9.17. The molecule has 0 amide bonds. The van der Waals surface area contributed by atoms with Crippen molar-refractivity contribution >= 4 is 16.8 Å². The predicted molar refractivity (Wildman–Crippen MR) is 56.0 cm³/mol. The van der Waals surface area contributed by atoms with E-state index in [9.17, 15) is 4.79 Å². The zero-order chi connectivity index (χ0) is 9.71. The lowest BCUT2D eigenvalue weighted by Gasteiger charge is -2.54. The van der Waals surface area contributed by atoms with Crippen molar-refractivity contribution in [3.63, 3.8) is 0 Å². The second-order valence-electron chi connectivity index (χ2n) is 5.65. The summed E-state index contributed by atoms with van der Waals surface area (Å²) >= 11 is 5.53. The first kappa shape index (κ1) is 9.21. The van der Waals surface area contributed by atoms with Gasteiger partial charge in [0.2, 0.25) is 5.24 Å². The molecule has 0 heterocycles. The monoisotopic (exact) mass is 212 g/mol. The van der Waals surface area contributed by atoms with Crippen LogP contribution in [0.3, 0.4) is 0 Å². The first-order valence-electron chi connectivity index (χ1n) is 5.90. The van der Waals surface area contributed by atoms with E-state index in [0.29, 0.717) is 12.3 Å². The van der Waals surface area contributed by atoms with E-state index in [4.69, 9.17) is 11.6 Å². The maximum absolute atomic E-state index is 11.0. The van der Waals surface area contributed by atoms with Gasteiger partial charge in [0.25, 0.3) is 0 Å². The molecule has 0 radical (unpaired) electrons. The Hall–Kier alpha value is -0.0400. The van der Waals surface area contributed by atoms with Crippen molar-refractivity contribution < 1.29 is 4.79 Å². The van der Waals surface area contributed by atoms with E-state index in [0.717, 1.165) is 23.7 Å². The van der Waals surface area contributed by atoms with E-state index in [1.165, 1.54) is 32.1 Å². The second kappa shape index (κ2) is 3.23. The fourth-order valence-corrected chi connectivity index (χ4v) is 4.73. The number of hydrogen-bond donors (Lipinski definition) is 0. The fraction of sp³-hybridized carbons (Fsp3) is 0.917. The maximum atomic E-state index is 11.0. The topological polar surface area (TPSA) is 17.1 Å². The molecule has 4 bridgehead atoms. The van der Waals surface area contributed by atoms with Crippen molar-refractivity contribution in [2.75, 3.05) is 0 Å². The highest BCUT2D eigenvalue weighted by Crippen LogP contribution is 2.57. The quantitative estimate of drug-likeness (QED) is 0.643. The summed E-state index contributed by atoms with van der Waals surface area (Å²) in [5, 5.41) is -0.109. The van der Waals surface area contributed by atoms with Crippen LogP contribution in [0.4, 0.5) is 0 Å². The summed E-state index contributed by atoms with van der Waals surface area (Å²) in [6.45, 7) is 0. The lowest BCUT2D eigenvalue weighted by atomic mass is 9.51. The van der Waals surface area contributed by atoms with Gasteiger partial charge >= 0.3 is 0 Å². The van der Waals surface area contributed by atoms with Gasteiger partial charge in [0.1, 0.15) is 0 Å². The molecule has 0 atom stereocenters. The number of hydrogen-bond acceptors (Lipinski definition) is 1. The van der Waals surface area contributed by atoms with Gasteiger partial charge in [-0.3, -0.25) is 4.79 Å². The fourth-order valence-electron chi connectivity index (χ4n) is 4.56. The van der Waals surface area contributed by atoms with E-state index in [1.54, 1.807) is 0 Å². The Morgan fingerprint density at radius 2 is 1.50 bits per heavy atom. The highest BCUT2D eigenvalue weighted by atomic mass is 35.5. The summed E-state index contributed by atoms with van der Waals surface area (Å²) in [4.78, 5) is 11.0. The van der Waals surface area contributed by atoms with Crippen molar-refractivity contribution in [1.29, 1.82) is 0 Å². The largest absolute Gasteiger partial charge is 0.281 e. The van der Waals surface area contributed by atoms with Gasteiger partial charge in [0.15, 0.2) is 0 Å². The predicted octanol–water partition coefficient (Wildman–Crippen LogP) is 3.21. The SMILES string of the molecule is O=C(Cl)CC1C2CC3CC(C2)CC1C3. The lowest BCUT2D eigenvalue weighted by molar-refractivity contribution is -0.116. The average Bonchev–Trinajstić information content (AvgIpc) is 2.09. The van der Waals surface area contributed by atoms with Gasteiger partial charge < -0.3 is 0 Å². The Labute approximate surface area is 90.2 Å². The van der Waals surface area contributed by atoms with E-state index < -0.39 is 0 Å². The molecule has 0 aromatic heterocycles.